The summed E-state index contributed by atoms with van der Waals surface area (Å²) < 4.78 is 0. The van der Waals surface area contributed by atoms with Crippen molar-refractivity contribution in [1.29, 1.82) is 10.5 Å². The summed E-state index contributed by atoms with van der Waals surface area (Å²) in [5.74, 6) is 0.919. The minimum absolute atomic E-state index is 0. The fraction of sp³-hybridized carbons (Fsp3) is 0.556. The van der Waals surface area contributed by atoms with Gasteiger partial charge in [0.05, 0.1) is 18.2 Å². The van der Waals surface area contributed by atoms with Crippen molar-refractivity contribution in [1.82, 2.24) is 15.2 Å². The number of nitriles is 2. The second-order valence-electron chi connectivity index (χ2n) is 6.53. The Morgan fingerprint density at radius 1 is 1.19 bits per heavy atom. The lowest BCUT2D eigenvalue weighted by atomic mass is 10.0. The van der Waals surface area contributed by atoms with Crippen molar-refractivity contribution >= 4 is 36.5 Å². The van der Waals surface area contributed by atoms with Crippen LogP contribution in [0.2, 0.25) is 0 Å². The van der Waals surface area contributed by atoms with Crippen LogP contribution in [0.15, 0.2) is 18.3 Å². The highest BCUT2D eigenvalue weighted by Crippen LogP contribution is 2.19. The lowest BCUT2D eigenvalue weighted by molar-refractivity contribution is -0.130. The van der Waals surface area contributed by atoms with E-state index in [0.717, 1.165) is 44.6 Å². The van der Waals surface area contributed by atoms with E-state index in [1.807, 2.05) is 6.07 Å². The number of pyridine rings is 1. The number of anilines is 1. The number of carbonyl (C=O) groups is 1. The molecule has 1 N–H and O–H groups in total. The van der Waals surface area contributed by atoms with Crippen LogP contribution in [-0.2, 0) is 4.79 Å². The molecule has 1 aromatic heterocycles. The lowest BCUT2D eigenvalue weighted by Gasteiger charge is -2.33. The van der Waals surface area contributed by atoms with Gasteiger partial charge in [0.2, 0.25) is 5.91 Å². The number of hydrogen-bond acceptors (Lipinski definition) is 6. The number of nitrogens with zero attached hydrogens (tertiary/aromatic N) is 5. The van der Waals surface area contributed by atoms with Gasteiger partial charge in [-0.3, -0.25) is 4.79 Å². The Balaban J connectivity index is 0.00000182. The summed E-state index contributed by atoms with van der Waals surface area (Å²) in [6, 6.07) is 8.00. The molecule has 2 aliphatic rings. The van der Waals surface area contributed by atoms with E-state index in [9.17, 15) is 4.79 Å². The molecule has 0 spiro atoms. The molecule has 1 amide bonds. The van der Waals surface area contributed by atoms with Gasteiger partial charge in [-0.05, 0) is 37.8 Å². The van der Waals surface area contributed by atoms with E-state index in [-0.39, 0.29) is 36.8 Å². The minimum Gasteiger partial charge on any atom is -0.357 e. The predicted octanol–water partition coefficient (Wildman–Crippen LogP) is 1.87. The number of likely N-dealkylation sites (tertiary alicyclic amines) is 1. The number of nitrogens with one attached hydrogen (secondary N) is 1. The van der Waals surface area contributed by atoms with Crippen LogP contribution in [0.5, 0.6) is 0 Å². The molecule has 0 unspecified atom stereocenters. The maximum Gasteiger partial charge on any atom is 0.237 e. The largest absolute Gasteiger partial charge is 0.357 e. The van der Waals surface area contributed by atoms with Crippen molar-refractivity contribution in [3.05, 3.63) is 23.9 Å². The lowest BCUT2D eigenvalue weighted by Crippen LogP contribution is -2.47. The van der Waals surface area contributed by atoms with Gasteiger partial charge in [-0.15, -0.1) is 24.8 Å². The van der Waals surface area contributed by atoms with Crippen molar-refractivity contribution in [3.8, 4) is 12.1 Å². The highest BCUT2D eigenvalue weighted by atomic mass is 35.5. The van der Waals surface area contributed by atoms with Crippen LogP contribution in [0.1, 0.15) is 31.2 Å². The van der Waals surface area contributed by atoms with Crippen LogP contribution >= 0.6 is 24.8 Å². The summed E-state index contributed by atoms with van der Waals surface area (Å²) in [4.78, 5) is 20.5. The zero-order valence-corrected chi connectivity index (χ0v) is 16.6. The van der Waals surface area contributed by atoms with Crippen LogP contribution in [0.25, 0.3) is 0 Å². The Kier molecular flexibility index (Phi) is 9.31. The normalized spacial score (nSPS) is 19.4. The van der Waals surface area contributed by atoms with Gasteiger partial charge in [-0.25, -0.2) is 4.98 Å². The smallest absolute Gasteiger partial charge is 0.237 e. The summed E-state index contributed by atoms with van der Waals surface area (Å²) >= 11 is 0. The Morgan fingerprint density at radius 3 is 2.52 bits per heavy atom. The molecular weight excluding hydrogens is 387 g/mol. The van der Waals surface area contributed by atoms with E-state index in [2.05, 4.69) is 27.3 Å². The number of rotatable bonds is 4. The topological polar surface area (TPSA) is 96.0 Å². The van der Waals surface area contributed by atoms with Gasteiger partial charge in [-0.2, -0.15) is 10.5 Å². The monoisotopic (exact) mass is 410 g/mol. The van der Waals surface area contributed by atoms with Gasteiger partial charge in [0.15, 0.2) is 0 Å². The van der Waals surface area contributed by atoms with Crippen molar-refractivity contribution in [3.63, 3.8) is 0 Å². The van der Waals surface area contributed by atoms with E-state index in [1.54, 1.807) is 17.2 Å². The summed E-state index contributed by atoms with van der Waals surface area (Å²) in [7, 11) is 0. The zero-order valence-electron chi connectivity index (χ0n) is 15.0. The number of amides is 1. The molecule has 0 bridgehead atoms. The molecule has 27 heavy (non-hydrogen) atoms. The summed E-state index contributed by atoms with van der Waals surface area (Å²) in [6.45, 7) is 2.74. The molecular formula is C18H24Cl2N6O. The van der Waals surface area contributed by atoms with E-state index in [4.69, 9.17) is 10.5 Å². The predicted molar refractivity (Wildman–Crippen MR) is 107 cm³/mol. The highest BCUT2D eigenvalue weighted by Gasteiger charge is 2.29. The molecule has 9 heteroatoms. The average molecular weight is 411 g/mol. The van der Waals surface area contributed by atoms with Gasteiger partial charge in [0.1, 0.15) is 17.9 Å². The molecule has 1 aromatic rings. The van der Waals surface area contributed by atoms with Crippen LogP contribution in [0.4, 0.5) is 5.82 Å². The first-order valence-corrected chi connectivity index (χ1v) is 8.75. The Bertz CT molecular complexity index is 691. The van der Waals surface area contributed by atoms with Crippen molar-refractivity contribution < 1.29 is 4.79 Å². The Morgan fingerprint density at radius 2 is 1.93 bits per heavy atom. The number of carbonyl (C=O) groups excluding carboxylic acids is 1. The summed E-state index contributed by atoms with van der Waals surface area (Å²) in [6.07, 6.45) is 5.19. The first-order valence-electron chi connectivity index (χ1n) is 8.75. The van der Waals surface area contributed by atoms with E-state index in [1.165, 1.54) is 0 Å². The third-order valence-electron chi connectivity index (χ3n) is 4.96. The van der Waals surface area contributed by atoms with Crippen LogP contribution in [0.3, 0.4) is 0 Å². The van der Waals surface area contributed by atoms with Crippen molar-refractivity contribution in [2.24, 2.45) is 0 Å². The van der Waals surface area contributed by atoms with Crippen LogP contribution in [0, 0.1) is 22.7 Å². The van der Waals surface area contributed by atoms with E-state index < -0.39 is 0 Å². The zero-order chi connectivity index (χ0) is 17.6. The standard InChI is InChI=1S/C18H22N6O.2ClH/c19-10-14-3-4-17(22-12-14)23-8-5-15(6-9-23)21-13-18(25)24-7-1-2-16(24)11-20;;/h3-4,12,15-16,21H,1-2,5-9,13H2;2*1H/t16-;;/m0../s1. The summed E-state index contributed by atoms with van der Waals surface area (Å²) in [5.41, 5.74) is 0.566. The first kappa shape index (κ1) is 23.0. The second kappa shape index (κ2) is 10.9. The van der Waals surface area contributed by atoms with Gasteiger partial charge in [0, 0.05) is 31.9 Å². The minimum atomic E-state index is -0.251. The molecule has 0 aliphatic carbocycles. The van der Waals surface area contributed by atoms with Gasteiger partial charge in [0.25, 0.3) is 0 Å². The molecule has 146 valence electrons. The molecule has 2 saturated heterocycles. The third kappa shape index (κ3) is 5.71. The van der Waals surface area contributed by atoms with Crippen molar-refractivity contribution in [2.75, 3.05) is 31.1 Å². The quantitative estimate of drug-likeness (QED) is 0.813. The molecule has 0 aromatic carbocycles. The fourth-order valence-electron chi connectivity index (χ4n) is 3.48. The van der Waals surface area contributed by atoms with Gasteiger partial charge in [-0.1, -0.05) is 0 Å². The highest BCUT2D eigenvalue weighted by molar-refractivity contribution is 5.85. The number of aromatic nitrogens is 1. The van der Waals surface area contributed by atoms with Gasteiger partial charge < -0.3 is 15.1 Å². The van der Waals surface area contributed by atoms with Crippen molar-refractivity contribution in [2.45, 2.75) is 37.8 Å². The van der Waals surface area contributed by atoms with E-state index in [0.29, 0.717) is 24.7 Å². The molecule has 2 fully saturated rings. The Hall–Kier alpha value is -2.06. The maximum absolute atomic E-state index is 12.3. The molecule has 2 aliphatic heterocycles. The summed E-state index contributed by atoms with van der Waals surface area (Å²) in [5, 5.41) is 21.2. The van der Waals surface area contributed by atoms with Crippen LogP contribution < -0.4 is 10.2 Å². The molecule has 1 atom stereocenters. The first-order chi connectivity index (χ1) is 12.2. The maximum atomic E-state index is 12.3. The third-order valence-corrected chi connectivity index (χ3v) is 4.96. The fourth-order valence-corrected chi connectivity index (χ4v) is 3.48. The Labute approximate surface area is 172 Å². The van der Waals surface area contributed by atoms with Crippen LogP contribution in [-0.4, -0.2) is 54.1 Å². The molecule has 0 saturated carbocycles. The molecule has 0 radical (unpaired) electrons. The molecule has 7 nitrogen and oxygen atoms in total. The molecule has 3 rings (SSSR count). The number of piperidine rings is 1. The van der Waals surface area contributed by atoms with E-state index >= 15 is 0 Å². The average Bonchev–Trinajstić information content (AvgIpc) is 3.15. The number of halogens is 2. The number of hydrogen-bond donors (Lipinski definition) is 1. The SMILES string of the molecule is Cl.Cl.N#Cc1ccc(N2CCC(NCC(=O)N3CCC[C@H]3C#N)CC2)nc1. The molecule has 3 heterocycles. The van der Waals surface area contributed by atoms with Gasteiger partial charge >= 0.3 is 0 Å². The second-order valence-corrected chi connectivity index (χ2v) is 6.53.